The summed E-state index contributed by atoms with van der Waals surface area (Å²) in [5.74, 6) is 0.773. The van der Waals surface area contributed by atoms with E-state index in [9.17, 15) is 14.4 Å². The molecule has 0 radical (unpaired) electrons. The Kier molecular flexibility index (Phi) is 6.07. The minimum Gasteiger partial charge on any atom is -0.493 e. The van der Waals surface area contributed by atoms with E-state index in [4.69, 9.17) is 14.2 Å². The van der Waals surface area contributed by atoms with Crippen molar-refractivity contribution < 1.29 is 23.8 Å². The molecule has 0 unspecified atom stereocenters. The maximum absolute atomic E-state index is 13.9. The number of anilines is 2. The summed E-state index contributed by atoms with van der Waals surface area (Å²) in [6.07, 6.45) is 1.70. The van der Waals surface area contributed by atoms with Gasteiger partial charge in [-0.05, 0) is 60.7 Å². The number of pyridine rings is 2. The molecule has 0 saturated carbocycles. The van der Waals surface area contributed by atoms with Crippen LogP contribution in [0.4, 0.5) is 11.4 Å². The zero-order valence-electron chi connectivity index (χ0n) is 21.9. The topological polar surface area (TPSA) is 120 Å². The molecule has 0 bridgehead atoms. The van der Waals surface area contributed by atoms with Crippen LogP contribution in [0.3, 0.4) is 0 Å². The van der Waals surface area contributed by atoms with Crippen molar-refractivity contribution in [3.63, 3.8) is 0 Å². The van der Waals surface area contributed by atoms with E-state index in [0.29, 0.717) is 55.9 Å². The molecule has 3 aromatic carbocycles. The summed E-state index contributed by atoms with van der Waals surface area (Å²) >= 11 is 0. The van der Waals surface area contributed by atoms with E-state index in [1.807, 2.05) is 18.2 Å². The monoisotopic (exact) mass is 536 g/mol. The quantitative estimate of drug-likeness (QED) is 0.287. The number of hydrogen-bond acceptors (Lipinski definition) is 7. The zero-order valence-corrected chi connectivity index (χ0v) is 21.9. The molecule has 3 aromatic heterocycles. The maximum atomic E-state index is 13.9. The van der Waals surface area contributed by atoms with E-state index in [2.05, 4.69) is 15.6 Å². The smallest absolute Gasteiger partial charge is 0.267 e. The number of nitrogens with zero attached hydrogens (tertiary/aromatic N) is 2. The summed E-state index contributed by atoms with van der Waals surface area (Å²) in [7, 11) is 3.03. The van der Waals surface area contributed by atoms with Crippen LogP contribution in [0.5, 0.6) is 17.2 Å². The largest absolute Gasteiger partial charge is 0.493 e. The first-order valence-electron chi connectivity index (χ1n) is 12.4. The maximum Gasteiger partial charge on any atom is 0.267 e. The number of amides is 2. The van der Waals surface area contributed by atoms with Crippen molar-refractivity contribution in [1.29, 1.82) is 0 Å². The summed E-state index contributed by atoms with van der Waals surface area (Å²) in [4.78, 5) is 42.2. The molecule has 0 atom stereocenters. The zero-order chi connectivity index (χ0) is 28.0. The molecule has 0 aliphatic heterocycles. The third-order valence-corrected chi connectivity index (χ3v) is 6.72. The summed E-state index contributed by atoms with van der Waals surface area (Å²) in [5, 5.41) is 8.12. The molecule has 10 heteroatoms. The first kappa shape index (κ1) is 24.9. The molecule has 200 valence electrons. The Morgan fingerprint density at radius 3 is 2.33 bits per heavy atom. The molecule has 2 amide bonds. The lowest BCUT2D eigenvalue weighted by Gasteiger charge is -2.12. The summed E-state index contributed by atoms with van der Waals surface area (Å²) < 4.78 is 18.4. The van der Waals surface area contributed by atoms with Gasteiger partial charge in [0.25, 0.3) is 11.5 Å². The average molecular weight is 537 g/mol. The Labute approximate surface area is 227 Å². The molecule has 3 heterocycles. The third-order valence-electron chi connectivity index (χ3n) is 6.72. The molecule has 0 fully saturated rings. The highest BCUT2D eigenvalue weighted by molar-refractivity contribution is 6.19. The minimum absolute atomic E-state index is 0.173. The van der Waals surface area contributed by atoms with E-state index < -0.39 is 0 Å². The number of rotatable bonds is 7. The molecule has 6 rings (SSSR count). The van der Waals surface area contributed by atoms with Crippen LogP contribution in [0, 0.1) is 0 Å². The molecule has 0 aliphatic rings. The standard InChI is InChI=1S/C30H24N4O6/c1-16(35)32-17-4-6-18(7-5-17)33-25(36)15-40-19-8-10-23-22(14-19)20-12-13-31-27-21-9-11-24(38-2)29(39-3)26(21)30(37)34(23)28(20)27/h4-14H,15H2,1-3H3,(H,32,35)(H,33,36). The van der Waals surface area contributed by atoms with Gasteiger partial charge in [0.2, 0.25) is 5.91 Å². The Hall–Kier alpha value is -5.38. The second-order valence-electron chi connectivity index (χ2n) is 9.19. The Morgan fingerprint density at radius 2 is 1.62 bits per heavy atom. The van der Waals surface area contributed by atoms with E-state index in [0.717, 1.165) is 10.8 Å². The summed E-state index contributed by atoms with van der Waals surface area (Å²) in [5.41, 5.74) is 3.00. The van der Waals surface area contributed by atoms with Crippen LogP contribution in [0.1, 0.15) is 6.92 Å². The van der Waals surface area contributed by atoms with Crippen LogP contribution in [-0.2, 0) is 9.59 Å². The van der Waals surface area contributed by atoms with Crippen molar-refractivity contribution in [3.8, 4) is 17.2 Å². The molecule has 0 saturated heterocycles. The molecular weight excluding hydrogens is 512 g/mol. The van der Waals surface area contributed by atoms with Gasteiger partial charge in [-0.3, -0.25) is 23.8 Å². The number of hydrogen-bond donors (Lipinski definition) is 2. The van der Waals surface area contributed by atoms with Crippen molar-refractivity contribution in [2.75, 3.05) is 31.5 Å². The minimum atomic E-state index is -0.342. The highest BCUT2D eigenvalue weighted by Crippen LogP contribution is 2.39. The number of nitrogens with one attached hydrogen (secondary N) is 2. The average Bonchev–Trinajstić information content (AvgIpc) is 3.29. The molecule has 0 aliphatic carbocycles. The van der Waals surface area contributed by atoms with Crippen LogP contribution in [0.25, 0.3) is 38.1 Å². The Bertz CT molecular complexity index is 2000. The van der Waals surface area contributed by atoms with Crippen molar-refractivity contribution in [1.82, 2.24) is 9.38 Å². The molecule has 10 nitrogen and oxygen atoms in total. The van der Waals surface area contributed by atoms with Crippen LogP contribution < -0.4 is 30.4 Å². The predicted molar refractivity (Wildman–Crippen MR) is 153 cm³/mol. The first-order chi connectivity index (χ1) is 19.4. The summed E-state index contributed by atoms with van der Waals surface area (Å²) in [6, 6.07) is 17.5. The van der Waals surface area contributed by atoms with Crippen molar-refractivity contribution in [2.24, 2.45) is 0 Å². The molecule has 2 N–H and O–H groups in total. The van der Waals surface area contributed by atoms with Crippen LogP contribution in [0.15, 0.2) is 71.7 Å². The van der Waals surface area contributed by atoms with Gasteiger partial charge in [0.05, 0.1) is 36.2 Å². The van der Waals surface area contributed by atoms with Gasteiger partial charge in [-0.25, -0.2) is 0 Å². The lowest BCUT2D eigenvalue weighted by atomic mass is 10.1. The second-order valence-corrected chi connectivity index (χ2v) is 9.19. The fourth-order valence-corrected chi connectivity index (χ4v) is 5.08. The van der Waals surface area contributed by atoms with Gasteiger partial charge in [-0.2, -0.15) is 0 Å². The highest BCUT2D eigenvalue weighted by atomic mass is 16.5. The molecule has 0 spiro atoms. The van der Waals surface area contributed by atoms with Gasteiger partial charge in [-0.1, -0.05) is 0 Å². The van der Waals surface area contributed by atoms with Gasteiger partial charge in [0, 0.05) is 40.7 Å². The van der Waals surface area contributed by atoms with Gasteiger partial charge in [-0.15, -0.1) is 0 Å². The Morgan fingerprint density at radius 1 is 0.875 bits per heavy atom. The second kappa shape index (κ2) is 9.73. The van der Waals surface area contributed by atoms with Gasteiger partial charge < -0.3 is 24.8 Å². The number of fused-ring (bicyclic) bond motifs is 5. The van der Waals surface area contributed by atoms with E-state index in [1.165, 1.54) is 21.1 Å². The van der Waals surface area contributed by atoms with Crippen molar-refractivity contribution in [2.45, 2.75) is 6.92 Å². The van der Waals surface area contributed by atoms with Crippen molar-refractivity contribution in [3.05, 3.63) is 77.2 Å². The highest BCUT2D eigenvalue weighted by Gasteiger charge is 2.22. The molecular formula is C30H24N4O6. The SMILES string of the molecule is COc1ccc2c(c1OC)c(=O)n1c3ccc(OCC(=O)Nc4ccc(NC(C)=O)cc4)cc3c3ccnc2c31. The van der Waals surface area contributed by atoms with Crippen LogP contribution in [-0.4, -0.2) is 42.0 Å². The number of ether oxygens (including phenoxy) is 3. The number of benzene rings is 3. The summed E-state index contributed by atoms with van der Waals surface area (Å²) in [6.45, 7) is 1.21. The van der Waals surface area contributed by atoms with Crippen LogP contribution in [0.2, 0.25) is 0 Å². The molecule has 6 aromatic rings. The van der Waals surface area contributed by atoms with E-state index in [-0.39, 0.29) is 24.0 Å². The fourth-order valence-electron chi connectivity index (χ4n) is 5.08. The third kappa shape index (κ3) is 4.06. The normalized spacial score (nSPS) is 11.3. The molecule has 40 heavy (non-hydrogen) atoms. The number of methoxy groups -OCH3 is 2. The first-order valence-corrected chi connectivity index (χ1v) is 12.4. The lowest BCUT2D eigenvalue weighted by Crippen LogP contribution is -2.20. The Balaban J connectivity index is 1.34. The van der Waals surface area contributed by atoms with Gasteiger partial charge in [0.15, 0.2) is 18.1 Å². The van der Waals surface area contributed by atoms with Crippen molar-refractivity contribution >= 4 is 61.3 Å². The number of carbonyl (C=O) groups excluding carboxylic acids is 2. The predicted octanol–water partition coefficient (Wildman–Crippen LogP) is 4.59. The lowest BCUT2D eigenvalue weighted by molar-refractivity contribution is -0.118. The number of aromatic nitrogens is 2. The van der Waals surface area contributed by atoms with E-state index >= 15 is 0 Å². The fraction of sp³-hybridized carbons (Fsp3) is 0.133. The van der Waals surface area contributed by atoms with E-state index in [1.54, 1.807) is 53.1 Å². The van der Waals surface area contributed by atoms with Gasteiger partial charge in [0.1, 0.15) is 5.75 Å². The van der Waals surface area contributed by atoms with Crippen LogP contribution >= 0.6 is 0 Å². The van der Waals surface area contributed by atoms with Gasteiger partial charge >= 0.3 is 0 Å². The number of carbonyl (C=O) groups is 2.